The summed E-state index contributed by atoms with van der Waals surface area (Å²) in [6.07, 6.45) is 0. The molecule has 0 fully saturated rings. The molecule has 84 valence electrons. The predicted molar refractivity (Wildman–Crippen MR) is 63.2 cm³/mol. The summed E-state index contributed by atoms with van der Waals surface area (Å²) in [6, 6.07) is 4.95. The zero-order chi connectivity index (χ0) is 12.4. The normalized spacial score (nSPS) is 9.71. The number of nitrogens with two attached hydrogens (primary N) is 1. The Morgan fingerprint density at radius 2 is 2.24 bits per heavy atom. The molecule has 0 atom stereocenters. The average Bonchev–Trinajstić information content (AvgIpc) is 2.26. The minimum atomic E-state index is -0.707. The number of carbonyl (C=O) groups is 1. The quantitative estimate of drug-likeness (QED) is 0.624. The number of hydrogen-bond donors (Lipinski definition) is 2. The highest BCUT2D eigenvalue weighted by Gasteiger charge is 2.01. The molecule has 0 saturated carbocycles. The third-order valence-electron chi connectivity index (χ3n) is 2.15. The summed E-state index contributed by atoms with van der Waals surface area (Å²) in [5.41, 5.74) is 5.83. The molecule has 1 aromatic carbocycles. The molecule has 0 spiro atoms. The van der Waals surface area contributed by atoms with Crippen molar-refractivity contribution in [2.75, 3.05) is 0 Å². The van der Waals surface area contributed by atoms with Crippen LogP contribution in [0.1, 0.15) is 11.4 Å². The monoisotopic (exact) mass is 227 g/mol. The van der Waals surface area contributed by atoms with E-state index in [9.17, 15) is 9.59 Å². The lowest BCUT2D eigenvalue weighted by molar-refractivity contribution is -0.112. The van der Waals surface area contributed by atoms with Crippen LogP contribution < -0.4 is 11.3 Å². The molecule has 0 aliphatic heterocycles. The van der Waals surface area contributed by atoms with Crippen LogP contribution in [0.2, 0.25) is 0 Å². The van der Waals surface area contributed by atoms with Crippen molar-refractivity contribution in [1.29, 1.82) is 0 Å². The summed E-state index contributed by atoms with van der Waals surface area (Å²) < 4.78 is 0. The Bertz CT molecular complexity index is 720. The minimum absolute atomic E-state index is 0.227. The fourth-order valence-electron chi connectivity index (χ4n) is 1.47. The number of aromatic nitrogens is 2. The van der Waals surface area contributed by atoms with Crippen LogP contribution in [0.3, 0.4) is 0 Å². The summed E-state index contributed by atoms with van der Waals surface area (Å²) in [6.45, 7) is 1.71. The second-order valence-electron chi connectivity index (χ2n) is 3.50. The maximum absolute atomic E-state index is 11.7. The highest BCUT2D eigenvalue weighted by atomic mass is 16.1. The standard InChI is InChI=1S/C12H9N3O2/c1-7-14-10-4-2-8(3-5-11(13)16)6-9(10)12(17)15-7/h2,4,6H,1H3,(H2,13,16)(H,14,15,17). The van der Waals surface area contributed by atoms with E-state index in [1.807, 2.05) is 0 Å². The van der Waals surface area contributed by atoms with Gasteiger partial charge in [0.1, 0.15) is 5.82 Å². The van der Waals surface area contributed by atoms with Crippen molar-refractivity contribution in [2.24, 2.45) is 5.73 Å². The Balaban J connectivity index is 2.63. The molecule has 1 amide bonds. The van der Waals surface area contributed by atoms with Crippen LogP contribution in [0.4, 0.5) is 0 Å². The first-order valence-electron chi connectivity index (χ1n) is 4.88. The number of H-pyrrole nitrogens is 1. The van der Waals surface area contributed by atoms with Crippen LogP contribution in [-0.2, 0) is 4.79 Å². The number of primary amides is 1. The summed E-state index contributed by atoms with van der Waals surface area (Å²) in [4.78, 5) is 28.9. The molecule has 0 unspecified atom stereocenters. The number of benzene rings is 1. The minimum Gasteiger partial charge on any atom is -0.359 e. The Kier molecular flexibility index (Phi) is 2.63. The van der Waals surface area contributed by atoms with Gasteiger partial charge in [-0.15, -0.1) is 0 Å². The molecule has 0 bridgehead atoms. The molecule has 17 heavy (non-hydrogen) atoms. The molecule has 3 N–H and O–H groups in total. The lowest BCUT2D eigenvalue weighted by Crippen LogP contribution is -2.09. The molecule has 2 rings (SSSR count). The number of rotatable bonds is 0. The van der Waals surface area contributed by atoms with Gasteiger partial charge in [-0.3, -0.25) is 9.59 Å². The Morgan fingerprint density at radius 3 is 2.94 bits per heavy atom. The van der Waals surface area contributed by atoms with E-state index in [1.54, 1.807) is 25.1 Å². The maximum Gasteiger partial charge on any atom is 0.293 e. The van der Waals surface area contributed by atoms with E-state index in [0.717, 1.165) is 0 Å². The SMILES string of the molecule is Cc1nc2ccc(C#CC(N)=O)cc2c(=O)[nH]1. The largest absolute Gasteiger partial charge is 0.359 e. The zero-order valence-electron chi connectivity index (χ0n) is 9.07. The number of aromatic amines is 1. The van der Waals surface area contributed by atoms with Gasteiger partial charge in [-0.2, -0.15) is 0 Å². The first-order chi connectivity index (χ1) is 8.06. The van der Waals surface area contributed by atoms with Crippen LogP contribution in [0, 0.1) is 18.8 Å². The van der Waals surface area contributed by atoms with E-state index < -0.39 is 5.91 Å². The van der Waals surface area contributed by atoms with Crippen molar-refractivity contribution in [3.8, 4) is 11.8 Å². The number of fused-ring (bicyclic) bond motifs is 1. The van der Waals surface area contributed by atoms with E-state index in [4.69, 9.17) is 5.73 Å². The Morgan fingerprint density at radius 1 is 1.47 bits per heavy atom. The van der Waals surface area contributed by atoms with E-state index in [-0.39, 0.29) is 5.56 Å². The highest BCUT2D eigenvalue weighted by molar-refractivity contribution is 5.92. The van der Waals surface area contributed by atoms with E-state index in [1.165, 1.54) is 0 Å². The molecule has 1 aromatic heterocycles. The van der Waals surface area contributed by atoms with E-state index in [0.29, 0.717) is 22.3 Å². The number of nitrogens with one attached hydrogen (secondary N) is 1. The van der Waals surface area contributed by atoms with Crippen molar-refractivity contribution < 1.29 is 4.79 Å². The van der Waals surface area contributed by atoms with E-state index >= 15 is 0 Å². The van der Waals surface area contributed by atoms with Gasteiger partial charge < -0.3 is 10.7 Å². The fraction of sp³-hybridized carbons (Fsp3) is 0.0833. The van der Waals surface area contributed by atoms with Crippen LogP contribution in [0.25, 0.3) is 10.9 Å². The summed E-state index contributed by atoms with van der Waals surface area (Å²) >= 11 is 0. The summed E-state index contributed by atoms with van der Waals surface area (Å²) in [7, 11) is 0. The van der Waals surface area contributed by atoms with Gasteiger partial charge in [-0.05, 0) is 31.0 Å². The van der Waals surface area contributed by atoms with Crippen molar-refractivity contribution in [3.05, 3.63) is 39.9 Å². The Hall–Kier alpha value is -2.61. The van der Waals surface area contributed by atoms with Gasteiger partial charge in [0.25, 0.3) is 11.5 Å². The van der Waals surface area contributed by atoms with Crippen LogP contribution in [0.5, 0.6) is 0 Å². The number of carbonyl (C=O) groups excluding carboxylic acids is 1. The van der Waals surface area contributed by atoms with Crippen molar-refractivity contribution in [3.63, 3.8) is 0 Å². The smallest absolute Gasteiger partial charge is 0.293 e. The molecule has 1 heterocycles. The highest BCUT2D eigenvalue weighted by Crippen LogP contribution is 2.09. The van der Waals surface area contributed by atoms with Crippen LogP contribution in [0.15, 0.2) is 23.0 Å². The summed E-state index contributed by atoms with van der Waals surface area (Å²) in [5, 5.41) is 0.437. The van der Waals surface area contributed by atoms with Gasteiger partial charge in [-0.25, -0.2) is 4.98 Å². The molecule has 5 heteroatoms. The predicted octanol–water partition coefficient (Wildman–Crippen LogP) is 0.0683. The van der Waals surface area contributed by atoms with Crippen molar-refractivity contribution in [1.82, 2.24) is 9.97 Å². The average molecular weight is 227 g/mol. The van der Waals surface area contributed by atoms with Gasteiger partial charge >= 0.3 is 0 Å². The molecule has 5 nitrogen and oxygen atoms in total. The first kappa shape index (κ1) is 10.9. The lowest BCUT2D eigenvalue weighted by atomic mass is 10.1. The number of hydrogen-bond acceptors (Lipinski definition) is 3. The molecule has 0 saturated heterocycles. The Labute approximate surface area is 96.7 Å². The van der Waals surface area contributed by atoms with Gasteiger partial charge in [0, 0.05) is 5.56 Å². The second-order valence-corrected chi connectivity index (χ2v) is 3.50. The topological polar surface area (TPSA) is 88.8 Å². The van der Waals surface area contributed by atoms with Crippen LogP contribution >= 0.6 is 0 Å². The fourth-order valence-corrected chi connectivity index (χ4v) is 1.47. The number of aryl methyl sites for hydroxylation is 1. The molecular formula is C12H9N3O2. The van der Waals surface area contributed by atoms with Crippen molar-refractivity contribution in [2.45, 2.75) is 6.92 Å². The number of amides is 1. The van der Waals surface area contributed by atoms with Gasteiger partial charge in [0.15, 0.2) is 0 Å². The molecule has 0 aliphatic carbocycles. The van der Waals surface area contributed by atoms with Gasteiger partial charge in [0.05, 0.1) is 10.9 Å². The third kappa shape index (κ3) is 2.32. The van der Waals surface area contributed by atoms with Crippen molar-refractivity contribution >= 4 is 16.8 Å². The first-order valence-corrected chi connectivity index (χ1v) is 4.88. The van der Waals surface area contributed by atoms with Gasteiger partial charge in [-0.1, -0.05) is 5.92 Å². The zero-order valence-corrected chi connectivity index (χ0v) is 9.07. The molecule has 0 aliphatic rings. The lowest BCUT2D eigenvalue weighted by Gasteiger charge is -1.98. The summed E-state index contributed by atoms with van der Waals surface area (Å²) in [5.74, 6) is 4.63. The number of nitrogens with zero attached hydrogens (tertiary/aromatic N) is 1. The van der Waals surface area contributed by atoms with E-state index in [2.05, 4.69) is 21.8 Å². The second kappa shape index (κ2) is 4.10. The molecular weight excluding hydrogens is 218 g/mol. The molecule has 0 radical (unpaired) electrons. The maximum atomic E-state index is 11.7. The van der Waals surface area contributed by atoms with Crippen LogP contribution in [-0.4, -0.2) is 15.9 Å². The third-order valence-corrected chi connectivity index (χ3v) is 2.15. The molecule has 2 aromatic rings. The van der Waals surface area contributed by atoms with Gasteiger partial charge in [0.2, 0.25) is 0 Å².